The third-order valence-electron chi connectivity index (χ3n) is 10.9. The monoisotopic (exact) mass is 2210 g/mol. The highest BCUT2D eigenvalue weighted by atomic mass is 33.5. The predicted molar refractivity (Wildman–Crippen MR) is 555 cm³/mol. The van der Waals surface area contributed by atoms with Gasteiger partial charge in [-0.25, -0.2) is 15.0 Å². The Balaban J connectivity index is 0.000000248. The lowest BCUT2D eigenvalue weighted by molar-refractivity contribution is 0.00578. The maximum absolute atomic E-state index is 6.39. The first-order chi connectivity index (χ1) is 47.7. The summed E-state index contributed by atoms with van der Waals surface area (Å²) in [4.78, 5) is 15.1. The fourth-order valence-electron chi connectivity index (χ4n) is 6.88. The van der Waals surface area contributed by atoms with E-state index in [1.54, 1.807) is 107 Å². The second kappa shape index (κ2) is 53.6. The summed E-state index contributed by atoms with van der Waals surface area (Å²) in [6.45, 7) is 8.24. The lowest BCUT2D eigenvalue weighted by Crippen LogP contribution is -2.41. The van der Waals surface area contributed by atoms with Gasteiger partial charge in [0.05, 0.1) is 11.2 Å². The van der Waals surface area contributed by atoms with Gasteiger partial charge in [-0.2, -0.15) is 0 Å². The van der Waals surface area contributed by atoms with Crippen LogP contribution < -0.4 is 5.46 Å². The summed E-state index contributed by atoms with van der Waals surface area (Å²) in [7, 11) is 85.2. The smallest absolute Gasteiger partial charge is 0.456 e. The Morgan fingerprint density at radius 1 is 0.289 bits per heavy atom. The molecule has 8 aromatic rings. The van der Waals surface area contributed by atoms with Crippen molar-refractivity contribution in [1.82, 2.24) is 15.0 Å². The zero-order valence-electron chi connectivity index (χ0n) is 46.9. The number of rotatable bonds is 4. The van der Waals surface area contributed by atoms with E-state index in [0.29, 0.717) is 17.5 Å². The molecule has 97 heavy (non-hydrogen) atoms. The van der Waals surface area contributed by atoms with Gasteiger partial charge in [-0.05, 0) is 63.5 Å². The van der Waals surface area contributed by atoms with Crippen LogP contribution in [0.15, 0.2) is 118 Å². The molecule has 0 atom stereocenters. The molecule has 0 bridgehead atoms. The summed E-state index contributed by atoms with van der Waals surface area (Å²) < 4.78 is 25.3. The highest BCUT2D eigenvalue weighted by molar-refractivity contribution is 8.82. The van der Waals surface area contributed by atoms with E-state index in [0.717, 1.165) is 66.0 Å². The van der Waals surface area contributed by atoms with Crippen molar-refractivity contribution in [2.45, 2.75) is 38.9 Å². The molecule has 0 amide bonds. The van der Waals surface area contributed by atoms with Crippen LogP contribution in [0.1, 0.15) is 27.7 Å². The van der Waals surface area contributed by atoms with E-state index in [1.165, 1.54) is 17.8 Å². The molecular formula is C39H30BN3O4S50. The van der Waals surface area contributed by atoms with Crippen molar-refractivity contribution < 1.29 is 18.1 Å². The average Bonchev–Trinajstić information content (AvgIpc) is 1.64. The Hall–Kier alpha value is 5.69. The molecule has 3 aromatic heterocycles. The van der Waals surface area contributed by atoms with Gasteiger partial charge in [-0.15, -0.1) is 0 Å². The molecule has 1 aliphatic heterocycles. The molecule has 0 unspecified atom stereocenters. The summed E-state index contributed by atoms with van der Waals surface area (Å²) in [6.07, 6.45) is 0. The lowest BCUT2D eigenvalue weighted by atomic mass is 9.78. The van der Waals surface area contributed by atoms with Gasteiger partial charge in [0.15, 0.2) is 17.5 Å². The molecular weight excluding hydrogens is 2190 g/mol. The van der Waals surface area contributed by atoms with Crippen molar-refractivity contribution in [3.63, 3.8) is 0 Å². The van der Waals surface area contributed by atoms with Gasteiger partial charge in [-0.1, -0.05) is 78.9 Å². The van der Waals surface area contributed by atoms with E-state index < -0.39 is 18.3 Å². The maximum atomic E-state index is 6.39. The first kappa shape index (κ1) is 88.3. The van der Waals surface area contributed by atoms with E-state index in [4.69, 9.17) is 55.5 Å². The number of furan rings is 2. The first-order valence-corrected chi connectivity index (χ1v) is 89.3. The summed E-state index contributed by atoms with van der Waals surface area (Å²) in [6, 6.07) is 36.2. The third-order valence-corrected chi connectivity index (χ3v) is 115. The number of benzene rings is 5. The second-order valence-electron chi connectivity index (χ2n) is 16.4. The molecule has 1 saturated heterocycles. The van der Waals surface area contributed by atoms with Gasteiger partial charge in [0.2, 0.25) is 0 Å². The van der Waals surface area contributed by atoms with Crippen LogP contribution in [0.25, 0.3) is 78.0 Å². The summed E-state index contributed by atoms with van der Waals surface area (Å²) in [5.41, 5.74) is 5.75. The Morgan fingerprint density at radius 3 is 1.05 bits per heavy atom. The van der Waals surface area contributed by atoms with Crippen LogP contribution >= 0.6 is 0 Å². The predicted octanol–water partition coefficient (Wildman–Crippen LogP) is 8.85. The normalized spacial score (nSPS) is 11.6. The fraction of sp³-hybridized carbons (Fsp3) is 0.154. The lowest BCUT2D eigenvalue weighted by Gasteiger charge is -2.32. The van der Waals surface area contributed by atoms with Crippen LogP contribution in [0.2, 0.25) is 0 Å². The number of hydrogen-bond acceptors (Lipinski definition) is 9. The highest BCUT2D eigenvalue weighted by Gasteiger charge is 2.51. The Kier molecular flexibility index (Phi) is 48.8. The fourth-order valence-corrected chi connectivity index (χ4v) is 133. The van der Waals surface area contributed by atoms with Crippen LogP contribution in [0, 0.1) is 0 Å². The number of nitrogens with zero attached hydrogens (tertiary/aromatic N) is 3. The van der Waals surface area contributed by atoms with E-state index in [2.05, 4.69) is 45.9 Å². The van der Waals surface area contributed by atoms with Crippen LogP contribution in [-0.2, 0) is 458 Å². The van der Waals surface area contributed by atoms with Crippen LogP contribution in [0.4, 0.5) is 0 Å². The molecule has 528 valence electrons. The van der Waals surface area contributed by atoms with E-state index >= 15 is 0 Å². The molecule has 7 nitrogen and oxygen atoms in total. The van der Waals surface area contributed by atoms with Crippen LogP contribution in [-0.4, -0.2) is 33.3 Å². The molecule has 0 saturated carbocycles. The van der Waals surface area contributed by atoms with Crippen LogP contribution in [0.5, 0.6) is 0 Å². The van der Waals surface area contributed by atoms with Gasteiger partial charge in [0, 0.05) is 487 Å². The standard InChI is InChI=1S/C39H30BN3O4.S50/c1-38(2)39(3,4)47-40(46-38)25-18-20-31-29(22-25)34-28(14-10-16-32(34)44-31)37-42-35(23-11-6-5-7-12-23)41-36(43-37)24-17-19-27-26-13-8-9-15-30(26)45-33(27)21-24;1-3-5-7-9-11-13-15-17-19-21-23-25-27-29-31-33-35-37-39-41-43-45-47-49-50-48-46-44-42-40-38-36-34-32-30-28-26-24-22-20-18-16-14-12-10-8-6-4-2/h5-22H,1-4H3;. The molecule has 58 heteroatoms. The van der Waals surface area contributed by atoms with Gasteiger partial charge < -0.3 is 18.1 Å². The molecule has 1 aliphatic rings. The third kappa shape index (κ3) is 33.1. The first-order valence-electron chi connectivity index (χ1n) is 24.0. The molecule has 0 N–H and O–H groups in total. The van der Waals surface area contributed by atoms with Crippen molar-refractivity contribution in [3.8, 4) is 34.2 Å². The van der Waals surface area contributed by atoms with Gasteiger partial charge >= 0.3 is 7.12 Å². The average molecular weight is 2220 g/mol. The molecule has 0 aliphatic carbocycles. The quantitative estimate of drug-likeness (QED) is 0.161. The Bertz CT molecular complexity index is 6590. The summed E-state index contributed by atoms with van der Waals surface area (Å²) in [5.74, 6) is 1.69. The molecule has 9 rings (SSSR count). The van der Waals surface area contributed by atoms with E-state index in [-0.39, 0.29) is 0 Å². The molecule has 0 radical (unpaired) electrons. The van der Waals surface area contributed by atoms with E-state index in [1.807, 2.05) is 393 Å². The van der Waals surface area contributed by atoms with Crippen molar-refractivity contribution in [2.24, 2.45) is 0 Å². The summed E-state index contributed by atoms with van der Waals surface area (Å²) >= 11 is 9.62. The molecule has 0 spiro atoms. The highest BCUT2D eigenvalue weighted by Crippen LogP contribution is 2.39. The largest absolute Gasteiger partial charge is 0.494 e. The minimum Gasteiger partial charge on any atom is -0.456 e. The Labute approximate surface area is 704 Å². The van der Waals surface area contributed by atoms with Crippen LogP contribution in [0.3, 0.4) is 0 Å². The summed E-state index contributed by atoms with van der Waals surface area (Å²) in [5, 5.41) is 3.99. The maximum Gasteiger partial charge on any atom is 0.494 e. The number of para-hydroxylation sites is 1. The molecule has 4 heterocycles. The SMILES string of the molecule is CC1(C)OB(c2ccc3oc4cccc(-c5nc(-c6ccccc6)nc(-c6ccc7c(c6)oc6ccccc67)n5)c4c3c2)OC1(C)C.S=S=S=S=S=S=S=S=S=S=S=S=S=S=S=S=S=S=S=S=S=S=S=S=S=S=S=S=S=S=S=S=S=S=S=S=S=S=S=S=S=S=S=S=S=S=S=S=S=S. The molecule has 5 aromatic carbocycles. The minimum absolute atomic E-state index is 0.448. The van der Waals surface area contributed by atoms with Crippen molar-refractivity contribution in [3.05, 3.63) is 109 Å². The van der Waals surface area contributed by atoms with Gasteiger partial charge in [-0.3, -0.25) is 0 Å². The van der Waals surface area contributed by atoms with Crippen molar-refractivity contribution >= 4 is 505 Å². The Morgan fingerprint density at radius 2 is 0.629 bits per heavy atom. The van der Waals surface area contributed by atoms with E-state index in [9.17, 15) is 0 Å². The minimum atomic E-state index is -0.497. The second-order valence-corrected chi connectivity index (χ2v) is 101. The number of fused-ring (bicyclic) bond motifs is 6. The van der Waals surface area contributed by atoms with Crippen molar-refractivity contribution in [1.29, 1.82) is 0 Å². The number of hydrogen-bond donors (Lipinski definition) is 0. The zero-order chi connectivity index (χ0) is 67.9. The topological polar surface area (TPSA) is 83.4 Å². The van der Waals surface area contributed by atoms with Crippen molar-refractivity contribution in [2.75, 3.05) is 0 Å². The zero-order valence-corrected chi connectivity index (χ0v) is 87.7. The van der Waals surface area contributed by atoms with Gasteiger partial charge in [0.1, 0.15) is 22.3 Å². The number of aromatic nitrogens is 3. The molecule has 1 fully saturated rings. The van der Waals surface area contributed by atoms with Gasteiger partial charge in [0.25, 0.3) is 0 Å².